The van der Waals surface area contributed by atoms with Gasteiger partial charge in [0.25, 0.3) is 5.91 Å². The van der Waals surface area contributed by atoms with Crippen molar-refractivity contribution < 1.29 is 33.8 Å². The van der Waals surface area contributed by atoms with Gasteiger partial charge < -0.3 is 41.0 Å². The van der Waals surface area contributed by atoms with Crippen molar-refractivity contribution in [2.45, 2.75) is 56.8 Å². The molecule has 52 heavy (non-hydrogen) atoms. The van der Waals surface area contributed by atoms with E-state index in [9.17, 15) is 29.1 Å². The molecule has 0 radical (unpaired) electrons. The van der Waals surface area contributed by atoms with E-state index in [1.165, 1.54) is 12.1 Å². The van der Waals surface area contributed by atoms with Gasteiger partial charge in [-0.1, -0.05) is 54.6 Å². The molecule has 0 spiro atoms. The molecule has 1 aliphatic heterocycles. The zero-order valence-electron chi connectivity index (χ0n) is 28.6. The number of hydrogen-bond donors (Lipinski definition) is 6. The highest BCUT2D eigenvalue weighted by Crippen LogP contribution is 2.19. The van der Waals surface area contributed by atoms with Crippen LogP contribution in [0.2, 0.25) is 0 Å². The number of phenolic OH excluding ortho intramolecular Hbond substituents is 1. The van der Waals surface area contributed by atoms with Crippen molar-refractivity contribution in [2.75, 3.05) is 19.7 Å². The van der Waals surface area contributed by atoms with Crippen molar-refractivity contribution in [3.63, 3.8) is 0 Å². The zero-order valence-corrected chi connectivity index (χ0v) is 28.6. The molecule has 0 unspecified atom stereocenters. The number of carbonyl (C=O) groups excluding carboxylic acids is 5. The van der Waals surface area contributed by atoms with Gasteiger partial charge in [-0.25, -0.2) is 4.98 Å². The normalized spacial score (nSPS) is 19.0. The molecule has 4 aromatic rings. The molecule has 1 aliphatic rings. The number of nitrogens with one attached hydrogen (secondary N) is 5. The summed E-state index contributed by atoms with van der Waals surface area (Å²) in [6.07, 6.45) is 5.81. The number of para-hydroxylation sites is 1. The molecule has 2 heterocycles. The molecule has 0 aliphatic carbocycles. The number of amides is 5. The molecule has 5 amide bonds. The Kier molecular flexibility index (Phi) is 13.3. The van der Waals surface area contributed by atoms with E-state index in [4.69, 9.17) is 4.74 Å². The van der Waals surface area contributed by atoms with Gasteiger partial charge >= 0.3 is 0 Å². The van der Waals surface area contributed by atoms with Gasteiger partial charge in [0, 0.05) is 44.9 Å². The summed E-state index contributed by atoms with van der Waals surface area (Å²) in [7, 11) is 0. The van der Waals surface area contributed by atoms with Crippen LogP contribution in [0.25, 0.3) is 0 Å². The average molecular weight is 710 g/mol. The van der Waals surface area contributed by atoms with Crippen molar-refractivity contribution in [3.8, 4) is 11.5 Å². The minimum atomic E-state index is -1.30. The maximum Gasteiger partial charge on any atom is 0.255 e. The first kappa shape index (κ1) is 37.1. The van der Waals surface area contributed by atoms with Crippen molar-refractivity contribution in [3.05, 3.63) is 114 Å². The molecule has 1 aromatic heterocycles. The van der Waals surface area contributed by atoms with E-state index in [0.29, 0.717) is 24.9 Å². The van der Waals surface area contributed by atoms with Crippen LogP contribution in [0.15, 0.2) is 97.6 Å². The SMILES string of the molecule is O=C1C[C@@H](C(=O)NCCCn2ccnc2)NC(=O)c2ccccc2OCCCNC(=O)[C@H](Cc2ccccc2)NC(=O)[C@H](Cc2ccc(O)cc2)N1. The first-order valence-corrected chi connectivity index (χ1v) is 17.2. The number of nitrogens with zero attached hydrogens (tertiary/aromatic N) is 2. The molecular formula is C38H43N7O7. The monoisotopic (exact) mass is 709 g/mol. The van der Waals surface area contributed by atoms with Gasteiger partial charge in [0.1, 0.15) is 29.6 Å². The number of imidazole rings is 1. The summed E-state index contributed by atoms with van der Waals surface area (Å²) in [6, 6.07) is 18.5. The first-order chi connectivity index (χ1) is 25.2. The number of carbonyl (C=O) groups is 5. The smallest absolute Gasteiger partial charge is 0.255 e. The number of phenols is 1. The maximum atomic E-state index is 13.9. The maximum absolute atomic E-state index is 13.9. The molecular weight excluding hydrogens is 666 g/mol. The van der Waals surface area contributed by atoms with Crippen LogP contribution in [-0.2, 0) is 38.6 Å². The Labute approximate surface area is 301 Å². The van der Waals surface area contributed by atoms with E-state index in [1.54, 1.807) is 55.1 Å². The van der Waals surface area contributed by atoms with Crippen LogP contribution in [0.5, 0.6) is 11.5 Å². The predicted octanol–water partition coefficient (Wildman–Crippen LogP) is 1.64. The molecule has 14 nitrogen and oxygen atoms in total. The Morgan fingerprint density at radius 3 is 2.33 bits per heavy atom. The van der Waals surface area contributed by atoms with Gasteiger partial charge in [0.2, 0.25) is 23.6 Å². The summed E-state index contributed by atoms with van der Waals surface area (Å²) < 4.78 is 7.77. The molecule has 0 saturated carbocycles. The van der Waals surface area contributed by atoms with Crippen LogP contribution in [-0.4, -0.2) is 82.0 Å². The fourth-order valence-electron chi connectivity index (χ4n) is 5.68. The third kappa shape index (κ3) is 11.2. The highest BCUT2D eigenvalue weighted by molar-refractivity contribution is 6.01. The average Bonchev–Trinajstić information content (AvgIpc) is 3.67. The molecule has 0 fully saturated rings. The van der Waals surface area contributed by atoms with Gasteiger partial charge in [-0.2, -0.15) is 0 Å². The third-order valence-corrected chi connectivity index (χ3v) is 8.42. The van der Waals surface area contributed by atoms with E-state index < -0.39 is 54.1 Å². The lowest BCUT2D eigenvalue weighted by Gasteiger charge is -2.25. The van der Waals surface area contributed by atoms with Gasteiger partial charge in [0.05, 0.1) is 24.9 Å². The second-order valence-corrected chi connectivity index (χ2v) is 12.4. The summed E-state index contributed by atoms with van der Waals surface area (Å²) >= 11 is 0. The molecule has 6 N–H and O–H groups in total. The quantitative estimate of drug-likeness (QED) is 0.141. The molecule has 3 aromatic carbocycles. The number of aromatic nitrogens is 2. The number of rotatable bonds is 9. The number of benzene rings is 3. The van der Waals surface area contributed by atoms with Crippen LogP contribution in [0.3, 0.4) is 0 Å². The third-order valence-electron chi connectivity index (χ3n) is 8.42. The zero-order chi connectivity index (χ0) is 36.7. The number of hydrogen-bond acceptors (Lipinski definition) is 8. The predicted molar refractivity (Wildman–Crippen MR) is 191 cm³/mol. The van der Waals surface area contributed by atoms with E-state index in [-0.39, 0.29) is 49.6 Å². The minimum absolute atomic E-state index is 0.0136. The lowest BCUT2D eigenvalue weighted by Crippen LogP contribution is -2.56. The lowest BCUT2D eigenvalue weighted by molar-refractivity contribution is -0.133. The fourth-order valence-corrected chi connectivity index (χ4v) is 5.68. The highest BCUT2D eigenvalue weighted by atomic mass is 16.5. The van der Waals surface area contributed by atoms with Crippen LogP contribution in [0.4, 0.5) is 0 Å². The topological polar surface area (TPSA) is 193 Å². The summed E-state index contributed by atoms with van der Waals surface area (Å²) in [5.74, 6) is -2.63. The Morgan fingerprint density at radius 1 is 0.865 bits per heavy atom. The Morgan fingerprint density at radius 2 is 1.58 bits per heavy atom. The van der Waals surface area contributed by atoms with Gasteiger partial charge in [-0.05, 0) is 48.2 Å². The summed E-state index contributed by atoms with van der Waals surface area (Å²) in [5, 5.41) is 23.7. The van der Waals surface area contributed by atoms with Gasteiger partial charge in [-0.15, -0.1) is 0 Å². The van der Waals surface area contributed by atoms with E-state index in [0.717, 1.165) is 5.56 Å². The Hall–Kier alpha value is -6.18. The number of ether oxygens (including phenoxy) is 1. The van der Waals surface area contributed by atoms with Crippen molar-refractivity contribution >= 4 is 29.5 Å². The van der Waals surface area contributed by atoms with Gasteiger partial charge in [-0.3, -0.25) is 24.0 Å². The molecule has 3 atom stereocenters. The summed E-state index contributed by atoms with van der Waals surface area (Å²) in [4.78, 5) is 72.2. The number of fused-ring (bicyclic) bond motifs is 1. The first-order valence-electron chi connectivity index (χ1n) is 17.2. The van der Waals surface area contributed by atoms with Crippen LogP contribution >= 0.6 is 0 Å². The summed E-state index contributed by atoms with van der Waals surface area (Å²) in [5.41, 5.74) is 1.61. The van der Waals surface area contributed by atoms with Crippen molar-refractivity contribution in [1.82, 2.24) is 36.1 Å². The summed E-state index contributed by atoms with van der Waals surface area (Å²) in [6.45, 7) is 1.25. The molecule has 14 heteroatoms. The standard InChI is InChI=1S/C38H43N7O7/c46-28-14-12-27(13-15-28)23-31-38(51)44-30(22-26-8-2-1-3-9-26)36(49)41-17-7-21-52-33-11-5-4-10-29(33)35(48)43-32(24-34(47)42-31)37(50)40-16-6-19-45-20-18-39-25-45/h1-5,8-15,18,20,25,30-32,46H,6-7,16-17,19,21-24H2,(H,40,50)(H,41,49)(H,42,47)(H,43,48)(H,44,51)/t30-,31-,32-/m0/s1. The molecule has 5 rings (SSSR count). The van der Waals surface area contributed by atoms with Crippen LogP contribution in [0, 0.1) is 0 Å². The molecule has 0 saturated heterocycles. The Bertz CT molecular complexity index is 1800. The molecule has 0 bridgehead atoms. The number of aryl methyl sites for hydroxylation is 1. The lowest BCUT2D eigenvalue weighted by atomic mass is 10.0. The minimum Gasteiger partial charge on any atom is -0.508 e. The van der Waals surface area contributed by atoms with Crippen LogP contribution in [0.1, 0.15) is 40.7 Å². The van der Waals surface area contributed by atoms with E-state index in [2.05, 4.69) is 31.6 Å². The number of aromatic hydroxyl groups is 1. The highest BCUT2D eigenvalue weighted by Gasteiger charge is 2.30. The van der Waals surface area contributed by atoms with Crippen LogP contribution < -0.4 is 31.3 Å². The second-order valence-electron chi connectivity index (χ2n) is 12.4. The van der Waals surface area contributed by atoms with Gasteiger partial charge in [0.15, 0.2) is 0 Å². The van der Waals surface area contributed by atoms with E-state index in [1.807, 2.05) is 34.9 Å². The van der Waals surface area contributed by atoms with Crippen molar-refractivity contribution in [2.24, 2.45) is 0 Å². The largest absolute Gasteiger partial charge is 0.508 e. The second kappa shape index (κ2) is 18.7. The van der Waals surface area contributed by atoms with E-state index >= 15 is 0 Å². The fraction of sp³-hybridized carbons (Fsp3) is 0.316. The molecule has 272 valence electrons. The Balaban J connectivity index is 1.40. The van der Waals surface area contributed by atoms with Crippen molar-refractivity contribution in [1.29, 1.82) is 0 Å².